The molecule has 1 aliphatic rings. The number of nitrogens with zero attached hydrogens (tertiary/aromatic N) is 1. The highest BCUT2D eigenvalue weighted by Gasteiger charge is 2.29. The van der Waals surface area contributed by atoms with Gasteiger partial charge in [0.05, 0.1) is 17.2 Å². The van der Waals surface area contributed by atoms with Gasteiger partial charge in [-0.1, -0.05) is 35.0 Å². The van der Waals surface area contributed by atoms with Gasteiger partial charge in [0.1, 0.15) is 0 Å². The van der Waals surface area contributed by atoms with Crippen LogP contribution in [0, 0.1) is 5.92 Å². The van der Waals surface area contributed by atoms with E-state index < -0.39 is 9.84 Å². The lowest BCUT2D eigenvalue weighted by molar-refractivity contribution is -0.121. The van der Waals surface area contributed by atoms with Crippen LogP contribution in [0.25, 0.3) is 0 Å². The van der Waals surface area contributed by atoms with Gasteiger partial charge in [0.2, 0.25) is 5.91 Å². The number of carbonyl (C=O) groups is 1. The summed E-state index contributed by atoms with van der Waals surface area (Å²) in [7, 11) is -2.94. The molecule has 0 saturated carbocycles. The fraction of sp³-hybridized carbons (Fsp3) is 0.467. The Hall–Kier alpha value is -1.21. The molecule has 1 amide bonds. The van der Waals surface area contributed by atoms with Crippen molar-refractivity contribution in [3.05, 3.63) is 34.3 Å². The molecule has 120 valence electrons. The van der Waals surface area contributed by atoms with Crippen molar-refractivity contribution in [1.29, 1.82) is 0 Å². The fourth-order valence-corrected chi connectivity index (χ4v) is 4.59. The monoisotopic (exact) mass is 386 g/mol. The largest absolute Gasteiger partial charge is 0.273 e. The van der Waals surface area contributed by atoms with Gasteiger partial charge in [-0.05, 0) is 36.5 Å². The second kappa shape index (κ2) is 7.37. The SMILES string of the molecule is CC/C(=N/NC(=O)C[C@@H]1CCS(=O)(=O)C1)c1ccc(Br)cc1. The normalized spacial score (nSPS) is 20.8. The van der Waals surface area contributed by atoms with Crippen molar-refractivity contribution in [1.82, 2.24) is 5.43 Å². The van der Waals surface area contributed by atoms with Crippen LogP contribution in [0.2, 0.25) is 0 Å². The average Bonchev–Trinajstić information content (AvgIpc) is 2.80. The van der Waals surface area contributed by atoms with Gasteiger partial charge in [0.15, 0.2) is 9.84 Å². The van der Waals surface area contributed by atoms with E-state index in [1.165, 1.54) is 0 Å². The molecular weight excluding hydrogens is 368 g/mol. The Labute approximate surface area is 139 Å². The van der Waals surface area contributed by atoms with Gasteiger partial charge in [-0.25, -0.2) is 13.8 Å². The number of amides is 1. The van der Waals surface area contributed by atoms with E-state index in [1.807, 2.05) is 31.2 Å². The quantitative estimate of drug-likeness (QED) is 0.623. The summed E-state index contributed by atoms with van der Waals surface area (Å²) in [5.74, 6) is -0.0201. The lowest BCUT2D eigenvalue weighted by atomic mass is 10.1. The number of carbonyl (C=O) groups excluding carboxylic acids is 1. The zero-order valence-corrected chi connectivity index (χ0v) is 14.8. The molecule has 1 heterocycles. The minimum atomic E-state index is -2.94. The molecule has 1 aromatic rings. The fourth-order valence-electron chi connectivity index (χ4n) is 2.46. The molecule has 0 radical (unpaired) electrons. The average molecular weight is 387 g/mol. The van der Waals surface area contributed by atoms with Crippen LogP contribution in [-0.4, -0.2) is 31.5 Å². The van der Waals surface area contributed by atoms with Crippen LogP contribution in [0.1, 0.15) is 31.7 Å². The van der Waals surface area contributed by atoms with E-state index in [4.69, 9.17) is 0 Å². The zero-order chi connectivity index (χ0) is 16.2. The Morgan fingerprint density at radius 2 is 2.05 bits per heavy atom. The van der Waals surface area contributed by atoms with Gasteiger partial charge < -0.3 is 0 Å². The van der Waals surface area contributed by atoms with Crippen LogP contribution in [0.4, 0.5) is 0 Å². The number of sulfone groups is 1. The Balaban J connectivity index is 1.94. The first kappa shape index (κ1) is 17.1. The Morgan fingerprint density at radius 3 is 2.59 bits per heavy atom. The van der Waals surface area contributed by atoms with Crippen molar-refractivity contribution < 1.29 is 13.2 Å². The molecule has 1 N–H and O–H groups in total. The van der Waals surface area contributed by atoms with E-state index in [9.17, 15) is 13.2 Å². The number of hydrazone groups is 1. The van der Waals surface area contributed by atoms with E-state index >= 15 is 0 Å². The lowest BCUT2D eigenvalue weighted by Gasteiger charge is -2.08. The summed E-state index contributed by atoms with van der Waals surface area (Å²) in [5, 5.41) is 4.17. The van der Waals surface area contributed by atoms with Gasteiger partial charge in [-0.2, -0.15) is 5.10 Å². The van der Waals surface area contributed by atoms with E-state index in [2.05, 4.69) is 26.5 Å². The number of hydrogen-bond acceptors (Lipinski definition) is 4. The molecule has 1 aromatic carbocycles. The van der Waals surface area contributed by atoms with Gasteiger partial charge >= 0.3 is 0 Å². The number of hydrogen-bond donors (Lipinski definition) is 1. The van der Waals surface area contributed by atoms with Crippen molar-refractivity contribution in [2.45, 2.75) is 26.2 Å². The zero-order valence-electron chi connectivity index (χ0n) is 12.4. The summed E-state index contributed by atoms with van der Waals surface area (Å²) in [6.45, 7) is 1.97. The van der Waals surface area contributed by atoms with Crippen LogP contribution in [0.15, 0.2) is 33.8 Å². The van der Waals surface area contributed by atoms with Gasteiger partial charge in [0, 0.05) is 10.9 Å². The molecule has 2 rings (SSSR count). The highest BCUT2D eigenvalue weighted by molar-refractivity contribution is 9.10. The van der Waals surface area contributed by atoms with E-state index in [-0.39, 0.29) is 29.8 Å². The van der Waals surface area contributed by atoms with Crippen molar-refractivity contribution >= 4 is 37.4 Å². The van der Waals surface area contributed by atoms with Crippen LogP contribution in [0.3, 0.4) is 0 Å². The first-order valence-corrected chi connectivity index (χ1v) is 9.83. The maximum absolute atomic E-state index is 11.9. The second-order valence-corrected chi connectivity index (χ2v) is 8.57. The Bertz CT molecular complexity index is 669. The second-order valence-electron chi connectivity index (χ2n) is 5.43. The molecule has 0 unspecified atom stereocenters. The minimum absolute atomic E-state index is 0.0852. The summed E-state index contributed by atoms with van der Waals surface area (Å²) in [4.78, 5) is 11.9. The molecule has 0 bridgehead atoms. The molecule has 1 atom stereocenters. The third-order valence-corrected chi connectivity index (χ3v) is 5.99. The predicted molar refractivity (Wildman–Crippen MR) is 90.5 cm³/mol. The molecule has 22 heavy (non-hydrogen) atoms. The van der Waals surface area contributed by atoms with Gasteiger partial charge in [-0.3, -0.25) is 4.79 Å². The first-order valence-electron chi connectivity index (χ1n) is 7.21. The van der Waals surface area contributed by atoms with E-state index in [0.717, 1.165) is 15.7 Å². The number of benzene rings is 1. The van der Waals surface area contributed by atoms with Crippen LogP contribution in [0.5, 0.6) is 0 Å². The molecule has 5 nitrogen and oxygen atoms in total. The first-order chi connectivity index (χ1) is 10.4. The highest BCUT2D eigenvalue weighted by Crippen LogP contribution is 2.21. The van der Waals surface area contributed by atoms with Crippen LogP contribution in [-0.2, 0) is 14.6 Å². The third-order valence-electron chi connectivity index (χ3n) is 3.63. The van der Waals surface area contributed by atoms with Crippen molar-refractivity contribution in [3.63, 3.8) is 0 Å². The van der Waals surface area contributed by atoms with E-state index in [0.29, 0.717) is 12.8 Å². The lowest BCUT2D eigenvalue weighted by Crippen LogP contribution is -2.23. The molecule has 1 fully saturated rings. The summed E-state index contributed by atoms with van der Waals surface area (Å²) in [6, 6.07) is 7.71. The topological polar surface area (TPSA) is 75.6 Å². The third kappa shape index (κ3) is 4.91. The van der Waals surface area contributed by atoms with Gasteiger partial charge in [-0.15, -0.1) is 0 Å². The van der Waals surface area contributed by atoms with Crippen molar-refractivity contribution in [2.24, 2.45) is 11.0 Å². The Morgan fingerprint density at radius 1 is 1.36 bits per heavy atom. The number of halogens is 1. The highest BCUT2D eigenvalue weighted by atomic mass is 79.9. The Kier molecular flexibility index (Phi) is 5.74. The maximum atomic E-state index is 11.9. The number of nitrogens with one attached hydrogen (secondary N) is 1. The van der Waals surface area contributed by atoms with Crippen molar-refractivity contribution in [2.75, 3.05) is 11.5 Å². The van der Waals surface area contributed by atoms with Crippen molar-refractivity contribution in [3.8, 4) is 0 Å². The van der Waals surface area contributed by atoms with Crippen LogP contribution < -0.4 is 5.43 Å². The molecular formula is C15H19BrN2O3S. The molecule has 0 aliphatic carbocycles. The molecule has 0 aromatic heterocycles. The summed E-state index contributed by atoms with van der Waals surface area (Å²) in [6.07, 6.45) is 1.46. The standard InChI is InChI=1S/C15H19BrN2O3S/c1-2-14(12-3-5-13(16)6-4-12)17-18-15(19)9-11-7-8-22(20,21)10-11/h3-6,11H,2,7-10H2,1H3,(H,18,19)/b17-14-/t11-/m0/s1. The molecule has 0 spiro atoms. The minimum Gasteiger partial charge on any atom is -0.273 e. The molecule has 7 heteroatoms. The van der Waals surface area contributed by atoms with Gasteiger partial charge in [0.25, 0.3) is 0 Å². The number of rotatable bonds is 5. The van der Waals surface area contributed by atoms with Crippen LogP contribution >= 0.6 is 15.9 Å². The summed E-state index contributed by atoms with van der Waals surface area (Å²) >= 11 is 3.38. The summed E-state index contributed by atoms with van der Waals surface area (Å²) in [5.41, 5.74) is 4.29. The molecule has 1 saturated heterocycles. The molecule has 1 aliphatic heterocycles. The summed E-state index contributed by atoms with van der Waals surface area (Å²) < 4.78 is 23.8. The van der Waals surface area contributed by atoms with E-state index in [1.54, 1.807) is 0 Å². The maximum Gasteiger partial charge on any atom is 0.240 e. The smallest absolute Gasteiger partial charge is 0.240 e. The predicted octanol–water partition coefficient (Wildman–Crippen LogP) is 2.50.